The fourth-order valence-corrected chi connectivity index (χ4v) is 5.18. The molecule has 3 aromatic rings. The van der Waals surface area contributed by atoms with Gasteiger partial charge in [0.25, 0.3) is 0 Å². The number of hydrogen-bond acceptors (Lipinski definition) is 12. The average molecular weight is 593 g/mol. The second kappa shape index (κ2) is 14.3. The van der Waals surface area contributed by atoms with Crippen LogP contribution >= 0.6 is 0 Å². The monoisotopic (exact) mass is 592 g/mol. The van der Waals surface area contributed by atoms with Crippen LogP contribution in [0.2, 0.25) is 0 Å². The summed E-state index contributed by atoms with van der Waals surface area (Å²) in [6, 6.07) is 8.51. The van der Waals surface area contributed by atoms with E-state index in [1.54, 1.807) is 12.4 Å². The van der Waals surface area contributed by atoms with Crippen molar-refractivity contribution in [2.45, 2.75) is 6.42 Å². The maximum absolute atomic E-state index is 11.5. The number of morpholine rings is 2. The second-order valence-corrected chi connectivity index (χ2v) is 10.5. The molecule has 14 nitrogen and oxygen atoms in total. The van der Waals surface area contributed by atoms with Crippen molar-refractivity contribution in [2.75, 3.05) is 112 Å². The number of nitrogens with zero attached hydrogens (tertiary/aromatic N) is 8. The van der Waals surface area contributed by atoms with Gasteiger partial charge in [0.05, 0.1) is 32.1 Å². The number of aromatic nitrogens is 4. The quantitative estimate of drug-likeness (QED) is 0.366. The van der Waals surface area contributed by atoms with Crippen LogP contribution in [0.3, 0.4) is 0 Å². The zero-order valence-electron chi connectivity index (χ0n) is 24.8. The largest absolute Gasteiger partial charge is 0.465 e. The lowest BCUT2D eigenvalue weighted by Crippen LogP contribution is -2.40. The maximum atomic E-state index is 11.5. The summed E-state index contributed by atoms with van der Waals surface area (Å²) in [6.07, 6.45) is 2.71. The Morgan fingerprint density at radius 2 is 1.74 bits per heavy atom. The Hall–Kier alpha value is -4.27. The van der Waals surface area contributed by atoms with Gasteiger partial charge in [-0.3, -0.25) is 9.80 Å². The molecule has 2 saturated heterocycles. The first-order valence-electron chi connectivity index (χ1n) is 14.5. The van der Waals surface area contributed by atoms with Gasteiger partial charge >= 0.3 is 6.09 Å². The number of nitrogen functional groups attached to an aromatic ring is 1. The molecule has 0 spiro atoms. The van der Waals surface area contributed by atoms with Crippen LogP contribution in [0.5, 0.6) is 0 Å². The van der Waals surface area contributed by atoms with E-state index in [9.17, 15) is 9.90 Å². The number of carboxylic acid groups (broad SMARTS) is 1. The normalized spacial score (nSPS) is 16.7. The molecule has 0 atom stereocenters. The van der Waals surface area contributed by atoms with Gasteiger partial charge in [0.2, 0.25) is 11.9 Å². The molecule has 230 valence electrons. The zero-order valence-corrected chi connectivity index (χ0v) is 24.8. The molecular weight excluding hydrogens is 552 g/mol. The molecule has 14 heteroatoms. The van der Waals surface area contributed by atoms with E-state index in [0.29, 0.717) is 62.3 Å². The van der Waals surface area contributed by atoms with Crippen LogP contribution in [0, 0.1) is 0 Å². The van der Waals surface area contributed by atoms with E-state index in [1.165, 1.54) is 10.6 Å². The summed E-state index contributed by atoms with van der Waals surface area (Å²) in [5.74, 6) is 1.09. The van der Waals surface area contributed by atoms with Crippen LogP contribution in [0.25, 0.3) is 11.3 Å². The Morgan fingerprint density at radius 3 is 2.42 bits per heavy atom. The van der Waals surface area contributed by atoms with Gasteiger partial charge in [-0.15, -0.1) is 0 Å². The Morgan fingerprint density at radius 1 is 1.05 bits per heavy atom. The van der Waals surface area contributed by atoms with Crippen molar-refractivity contribution in [2.24, 2.45) is 0 Å². The third kappa shape index (κ3) is 7.58. The number of ether oxygens (including phenoxy) is 2. The van der Waals surface area contributed by atoms with Crippen LogP contribution in [-0.4, -0.2) is 122 Å². The van der Waals surface area contributed by atoms with E-state index in [1.807, 2.05) is 11.9 Å². The van der Waals surface area contributed by atoms with E-state index in [4.69, 9.17) is 15.2 Å². The van der Waals surface area contributed by atoms with Gasteiger partial charge in [0, 0.05) is 94.8 Å². The van der Waals surface area contributed by atoms with Gasteiger partial charge in [-0.2, -0.15) is 4.98 Å². The van der Waals surface area contributed by atoms with E-state index in [0.717, 1.165) is 50.6 Å². The Bertz CT molecular complexity index is 1360. The number of rotatable bonds is 7. The number of amides is 1. The first-order valence-corrected chi connectivity index (χ1v) is 14.5. The van der Waals surface area contributed by atoms with Crippen LogP contribution in [0.4, 0.5) is 33.9 Å². The van der Waals surface area contributed by atoms with Gasteiger partial charge in [-0.25, -0.2) is 19.7 Å². The van der Waals surface area contributed by atoms with Crippen LogP contribution in [0.1, 0.15) is 5.56 Å². The van der Waals surface area contributed by atoms with Gasteiger partial charge in [-0.1, -0.05) is 6.07 Å². The SMILES string of the molecule is CNc1cccc(N(C)CCN2CCOCC2)c1.Nc1ncc(-c2nc(N3CCOCC3)nc3c2CCN3C(=O)O)cn1. The molecule has 6 rings (SSSR count). The molecule has 3 aliphatic heterocycles. The Balaban J connectivity index is 0.000000181. The van der Waals surface area contributed by atoms with E-state index in [-0.39, 0.29) is 5.95 Å². The molecule has 0 aliphatic carbocycles. The molecule has 2 fully saturated rings. The lowest BCUT2D eigenvalue weighted by molar-refractivity contribution is 0.0393. The number of benzene rings is 1. The second-order valence-electron chi connectivity index (χ2n) is 10.5. The highest BCUT2D eigenvalue weighted by Crippen LogP contribution is 2.35. The third-order valence-corrected chi connectivity index (χ3v) is 7.72. The Labute approximate surface area is 251 Å². The summed E-state index contributed by atoms with van der Waals surface area (Å²) in [5.41, 5.74) is 10.1. The van der Waals surface area contributed by atoms with Crippen LogP contribution < -0.4 is 25.8 Å². The van der Waals surface area contributed by atoms with Crippen molar-refractivity contribution >= 4 is 35.2 Å². The van der Waals surface area contributed by atoms with E-state index >= 15 is 0 Å². The molecule has 4 N–H and O–H groups in total. The van der Waals surface area contributed by atoms with Gasteiger partial charge in [0.1, 0.15) is 5.82 Å². The molecule has 5 heterocycles. The van der Waals surface area contributed by atoms with Crippen molar-refractivity contribution in [3.05, 3.63) is 42.2 Å². The number of anilines is 5. The standard InChI is InChI=1S/C15H17N7O3.C14H23N3O/c16-13-17-7-9(8-18-13)11-10-1-2-22(15(23)24)12(10)20-14(19-11)21-3-5-25-6-4-21;1-15-13-4-3-5-14(12-13)16(2)6-7-17-8-10-18-11-9-17/h7-8H,1-6H2,(H,23,24)(H2,16,17,18);3-5,12,15H,6-11H2,1-2H3. The molecule has 0 radical (unpaired) electrons. The molecule has 1 amide bonds. The average Bonchev–Trinajstić information content (AvgIpc) is 3.49. The van der Waals surface area contributed by atoms with Crippen LogP contribution in [0.15, 0.2) is 36.7 Å². The lowest BCUT2D eigenvalue weighted by atomic mass is 10.1. The molecule has 43 heavy (non-hydrogen) atoms. The van der Waals surface area contributed by atoms with E-state index < -0.39 is 6.09 Å². The van der Waals surface area contributed by atoms with Crippen molar-refractivity contribution in [1.82, 2.24) is 24.8 Å². The molecule has 0 unspecified atom stereocenters. The number of nitrogens with two attached hydrogens (primary N) is 1. The predicted molar refractivity (Wildman–Crippen MR) is 166 cm³/mol. The minimum atomic E-state index is -1.02. The summed E-state index contributed by atoms with van der Waals surface area (Å²) in [6.45, 7) is 8.86. The van der Waals surface area contributed by atoms with Crippen molar-refractivity contribution in [3.63, 3.8) is 0 Å². The van der Waals surface area contributed by atoms with Gasteiger partial charge in [0.15, 0.2) is 0 Å². The molecule has 3 aliphatic rings. The predicted octanol–water partition coefficient (Wildman–Crippen LogP) is 1.89. The van der Waals surface area contributed by atoms with E-state index in [2.05, 4.69) is 66.4 Å². The highest BCUT2D eigenvalue weighted by atomic mass is 16.5. The first-order chi connectivity index (χ1) is 20.9. The molecule has 0 saturated carbocycles. The number of carbonyl (C=O) groups is 1. The number of hydrogen-bond donors (Lipinski definition) is 3. The lowest BCUT2D eigenvalue weighted by Gasteiger charge is -2.29. The fourth-order valence-electron chi connectivity index (χ4n) is 5.18. The summed E-state index contributed by atoms with van der Waals surface area (Å²) in [7, 11) is 4.10. The zero-order chi connectivity index (χ0) is 30.2. The summed E-state index contributed by atoms with van der Waals surface area (Å²) < 4.78 is 10.7. The minimum Gasteiger partial charge on any atom is -0.465 e. The third-order valence-electron chi connectivity index (χ3n) is 7.72. The smallest absolute Gasteiger partial charge is 0.413 e. The molecule has 0 bridgehead atoms. The summed E-state index contributed by atoms with van der Waals surface area (Å²) in [5, 5.41) is 12.6. The number of fused-ring (bicyclic) bond motifs is 1. The molecule has 2 aromatic heterocycles. The summed E-state index contributed by atoms with van der Waals surface area (Å²) in [4.78, 5) is 36.8. The van der Waals surface area contributed by atoms with Crippen molar-refractivity contribution < 1.29 is 19.4 Å². The number of likely N-dealkylation sites (N-methyl/N-ethyl adjacent to an activating group) is 1. The van der Waals surface area contributed by atoms with Crippen LogP contribution in [-0.2, 0) is 15.9 Å². The maximum Gasteiger partial charge on any atom is 0.413 e. The van der Waals surface area contributed by atoms with Gasteiger partial charge < -0.3 is 35.4 Å². The Kier molecular flexibility index (Phi) is 10.0. The fraction of sp³-hybridized carbons (Fsp3) is 0.483. The van der Waals surface area contributed by atoms with Crippen molar-refractivity contribution in [3.8, 4) is 11.3 Å². The highest BCUT2D eigenvalue weighted by molar-refractivity contribution is 5.89. The first kappa shape index (κ1) is 30.2. The minimum absolute atomic E-state index is 0.176. The molecule has 1 aromatic carbocycles. The molecular formula is C29H40N10O4. The highest BCUT2D eigenvalue weighted by Gasteiger charge is 2.31. The van der Waals surface area contributed by atoms with Crippen molar-refractivity contribution in [1.29, 1.82) is 0 Å². The van der Waals surface area contributed by atoms with Gasteiger partial charge in [-0.05, 0) is 24.6 Å². The summed E-state index contributed by atoms with van der Waals surface area (Å²) >= 11 is 0. The topological polar surface area (TPSA) is 158 Å². The number of nitrogens with one attached hydrogen (secondary N) is 1.